The van der Waals surface area contributed by atoms with Crippen molar-refractivity contribution in [3.8, 4) is 22.0 Å². The maximum absolute atomic E-state index is 13.9. The molecule has 3 aromatic heterocycles. The largest absolute Gasteiger partial charge is 0.483 e. The molecule has 0 spiro atoms. The van der Waals surface area contributed by atoms with Gasteiger partial charge in [-0.2, -0.15) is 0 Å². The van der Waals surface area contributed by atoms with Crippen molar-refractivity contribution < 1.29 is 13.5 Å². The first-order valence-corrected chi connectivity index (χ1v) is 11.6. The van der Waals surface area contributed by atoms with Crippen molar-refractivity contribution >= 4 is 23.1 Å². The van der Waals surface area contributed by atoms with E-state index in [1.54, 1.807) is 42.1 Å². The highest BCUT2D eigenvalue weighted by atomic mass is 32.2. The summed E-state index contributed by atoms with van der Waals surface area (Å²) in [5.74, 6) is 0.982. The van der Waals surface area contributed by atoms with Gasteiger partial charge in [0.05, 0.1) is 12.0 Å². The Morgan fingerprint density at radius 3 is 2.69 bits per heavy atom. The van der Waals surface area contributed by atoms with Gasteiger partial charge in [-0.3, -0.25) is 4.57 Å². The maximum atomic E-state index is 13.9. The lowest BCUT2D eigenvalue weighted by molar-refractivity contribution is 0.278. The van der Waals surface area contributed by atoms with Crippen molar-refractivity contribution in [1.82, 2.24) is 19.7 Å². The van der Waals surface area contributed by atoms with Crippen LogP contribution in [0.3, 0.4) is 0 Å². The summed E-state index contributed by atoms with van der Waals surface area (Å²) >= 11 is 3.10. The number of ether oxygens (including phenoxy) is 1. The van der Waals surface area contributed by atoms with Crippen molar-refractivity contribution in [2.75, 3.05) is 0 Å². The zero-order chi connectivity index (χ0) is 21.8. The summed E-state index contributed by atoms with van der Waals surface area (Å²) < 4.78 is 26.7. The molecule has 0 aliphatic carbocycles. The van der Waals surface area contributed by atoms with Crippen LogP contribution in [0.5, 0.6) is 5.75 Å². The fourth-order valence-electron chi connectivity index (χ4n) is 3.06. The van der Waals surface area contributed by atoms with Gasteiger partial charge < -0.3 is 9.15 Å². The van der Waals surface area contributed by atoms with E-state index in [1.165, 1.54) is 17.8 Å². The van der Waals surface area contributed by atoms with Crippen molar-refractivity contribution in [2.45, 2.75) is 17.5 Å². The lowest BCUT2D eigenvalue weighted by Gasteiger charge is -2.11. The molecule has 0 bridgehead atoms. The molecule has 0 amide bonds. The van der Waals surface area contributed by atoms with E-state index in [0.29, 0.717) is 16.7 Å². The number of hydrogen-bond acceptors (Lipinski definition) is 7. The zero-order valence-electron chi connectivity index (χ0n) is 16.7. The molecule has 0 atom stereocenters. The Bertz CT molecular complexity index is 1300. The molecule has 0 fully saturated rings. The molecule has 160 valence electrons. The van der Waals surface area contributed by atoms with Crippen molar-refractivity contribution in [2.24, 2.45) is 0 Å². The standard InChI is InChI=1S/C23H17FN4O2S2/c24-19-8-4-5-9-20(19)30-13-21-26-27-23(28(21)18-6-2-1-3-7-18)32-15-17-14-31-22(25-17)16-10-11-29-12-16/h1-12,14H,13,15H2. The number of rotatable bonds is 8. The summed E-state index contributed by atoms with van der Waals surface area (Å²) in [6, 6.07) is 18.0. The first kappa shape index (κ1) is 20.5. The Labute approximate surface area is 191 Å². The number of benzene rings is 2. The van der Waals surface area contributed by atoms with Crippen LogP contribution in [0.1, 0.15) is 11.5 Å². The van der Waals surface area contributed by atoms with Gasteiger partial charge in [0.1, 0.15) is 17.9 Å². The molecule has 5 aromatic rings. The molecule has 3 heterocycles. The van der Waals surface area contributed by atoms with E-state index in [2.05, 4.69) is 15.2 Å². The molecule has 32 heavy (non-hydrogen) atoms. The number of para-hydroxylation sites is 2. The van der Waals surface area contributed by atoms with E-state index in [4.69, 9.17) is 9.15 Å². The molecule has 0 unspecified atom stereocenters. The number of thioether (sulfide) groups is 1. The summed E-state index contributed by atoms with van der Waals surface area (Å²) in [6.45, 7) is 0.0880. The smallest absolute Gasteiger partial charge is 0.196 e. The fourth-order valence-corrected chi connectivity index (χ4v) is 4.83. The Kier molecular flexibility index (Phi) is 6.00. The van der Waals surface area contributed by atoms with Crippen LogP contribution in [-0.4, -0.2) is 19.7 Å². The maximum Gasteiger partial charge on any atom is 0.196 e. The van der Waals surface area contributed by atoms with Crippen LogP contribution in [0.4, 0.5) is 4.39 Å². The summed E-state index contributed by atoms with van der Waals surface area (Å²) in [5.41, 5.74) is 2.82. The number of hydrogen-bond donors (Lipinski definition) is 0. The van der Waals surface area contributed by atoms with Crippen LogP contribution in [0, 0.1) is 5.82 Å². The average Bonchev–Trinajstić information content (AvgIpc) is 3.58. The third-order valence-corrected chi connectivity index (χ3v) is 6.48. The van der Waals surface area contributed by atoms with Crippen LogP contribution in [0.25, 0.3) is 16.3 Å². The van der Waals surface area contributed by atoms with Crippen molar-refractivity contribution in [1.29, 1.82) is 0 Å². The summed E-state index contributed by atoms with van der Waals surface area (Å²) in [5, 5.41) is 12.3. The highest BCUT2D eigenvalue weighted by Gasteiger charge is 2.17. The van der Waals surface area contributed by atoms with Gasteiger partial charge in [0.25, 0.3) is 0 Å². The first-order chi connectivity index (χ1) is 15.8. The van der Waals surface area contributed by atoms with Gasteiger partial charge in [-0.15, -0.1) is 21.5 Å². The van der Waals surface area contributed by atoms with Gasteiger partial charge in [0.15, 0.2) is 22.5 Å². The van der Waals surface area contributed by atoms with Crippen molar-refractivity contribution in [3.05, 3.63) is 95.9 Å². The highest BCUT2D eigenvalue weighted by molar-refractivity contribution is 7.98. The lowest BCUT2D eigenvalue weighted by atomic mass is 10.3. The molecule has 0 aliphatic rings. The van der Waals surface area contributed by atoms with Crippen LogP contribution in [-0.2, 0) is 12.4 Å². The Hall–Kier alpha value is -3.43. The van der Waals surface area contributed by atoms with Gasteiger partial charge in [-0.25, -0.2) is 9.37 Å². The quantitative estimate of drug-likeness (QED) is 0.263. The van der Waals surface area contributed by atoms with Gasteiger partial charge in [0, 0.05) is 22.4 Å². The molecule has 5 rings (SSSR count). The Morgan fingerprint density at radius 1 is 1.03 bits per heavy atom. The number of thiazole rings is 1. The second-order valence-electron chi connectivity index (χ2n) is 6.73. The second-order valence-corrected chi connectivity index (χ2v) is 8.53. The van der Waals surface area contributed by atoms with Crippen LogP contribution >= 0.6 is 23.1 Å². The third kappa shape index (κ3) is 4.44. The minimum absolute atomic E-state index is 0.0880. The summed E-state index contributed by atoms with van der Waals surface area (Å²) in [4.78, 5) is 4.68. The van der Waals surface area contributed by atoms with Gasteiger partial charge in [-0.1, -0.05) is 42.1 Å². The molecule has 2 aromatic carbocycles. The minimum Gasteiger partial charge on any atom is -0.483 e. The zero-order valence-corrected chi connectivity index (χ0v) is 18.4. The van der Waals surface area contributed by atoms with Gasteiger partial charge in [0.2, 0.25) is 0 Å². The monoisotopic (exact) mass is 464 g/mol. The molecule has 0 radical (unpaired) electrons. The minimum atomic E-state index is -0.412. The van der Waals surface area contributed by atoms with E-state index in [-0.39, 0.29) is 12.4 Å². The van der Waals surface area contributed by atoms with E-state index in [0.717, 1.165) is 22.0 Å². The first-order valence-electron chi connectivity index (χ1n) is 9.75. The van der Waals surface area contributed by atoms with E-state index < -0.39 is 5.82 Å². The second kappa shape index (κ2) is 9.37. The normalized spacial score (nSPS) is 11.0. The van der Waals surface area contributed by atoms with Crippen LogP contribution in [0.2, 0.25) is 0 Å². The molecule has 0 N–H and O–H groups in total. The predicted octanol–water partition coefficient (Wildman–Crippen LogP) is 5.99. The molecule has 0 saturated heterocycles. The molecular formula is C23H17FN4O2S2. The lowest BCUT2D eigenvalue weighted by Crippen LogP contribution is -2.07. The Balaban J connectivity index is 1.37. The highest BCUT2D eigenvalue weighted by Crippen LogP contribution is 2.29. The summed E-state index contributed by atoms with van der Waals surface area (Å²) in [7, 11) is 0. The van der Waals surface area contributed by atoms with Crippen molar-refractivity contribution in [3.63, 3.8) is 0 Å². The van der Waals surface area contributed by atoms with E-state index in [1.807, 2.05) is 46.3 Å². The SMILES string of the molecule is Fc1ccccc1OCc1nnc(SCc2csc(-c3ccoc3)n2)n1-c1ccccc1. The number of aromatic nitrogens is 4. The topological polar surface area (TPSA) is 66.0 Å². The third-order valence-electron chi connectivity index (χ3n) is 4.58. The number of halogens is 1. The van der Waals surface area contributed by atoms with Crippen LogP contribution < -0.4 is 4.74 Å². The van der Waals surface area contributed by atoms with E-state index >= 15 is 0 Å². The number of nitrogens with zero attached hydrogens (tertiary/aromatic N) is 4. The molecule has 0 aliphatic heterocycles. The van der Waals surface area contributed by atoms with Gasteiger partial charge in [-0.05, 0) is 30.3 Å². The fraction of sp³-hybridized carbons (Fsp3) is 0.0870. The van der Waals surface area contributed by atoms with E-state index in [9.17, 15) is 4.39 Å². The molecule has 9 heteroatoms. The average molecular weight is 465 g/mol. The predicted molar refractivity (Wildman–Crippen MR) is 121 cm³/mol. The summed E-state index contributed by atoms with van der Waals surface area (Å²) in [6.07, 6.45) is 3.32. The molecule has 0 saturated carbocycles. The molecular weight excluding hydrogens is 447 g/mol. The Morgan fingerprint density at radius 2 is 1.88 bits per heavy atom. The number of furan rings is 1. The van der Waals surface area contributed by atoms with Crippen LogP contribution in [0.15, 0.2) is 88.1 Å². The molecule has 6 nitrogen and oxygen atoms in total. The van der Waals surface area contributed by atoms with Gasteiger partial charge >= 0.3 is 0 Å².